The molecule has 1 aromatic heterocycles. The first-order valence-corrected chi connectivity index (χ1v) is 7.82. The van der Waals surface area contributed by atoms with Crippen LogP contribution in [0.2, 0.25) is 0 Å². The zero-order valence-corrected chi connectivity index (χ0v) is 13.5. The Morgan fingerprint density at radius 3 is 2.62 bits per heavy atom. The minimum atomic E-state index is -0.442. The average molecular weight is 293 g/mol. The van der Waals surface area contributed by atoms with Gasteiger partial charge in [0, 0.05) is 12.2 Å². The van der Waals surface area contributed by atoms with Crippen LogP contribution < -0.4 is 5.32 Å². The molecule has 5 heteroatoms. The fraction of sp³-hybridized carbons (Fsp3) is 0.750. The third-order valence-electron chi connectivity index (χ3n) is 4.17. The number of aliphatic hydroxyl groups excluding tert-OH is 1. The molecule has 0 radical (unpaired) electrons. The average Bonchev–Trinajstić information content (AvgIpc) is 3.03. The summed E-state index contributed by atoms with van der Waals surface area (Å²) in [5.41, 5.74) is 1.23. The van der Waals surface area contributed by atoms with Crippen molar-refractivity contribution in [1.29, 1.82) is 0 Å². The fourth-order valence-electron chi connectivity index (χ4n) is 3.06. The molecule has 0 spiro atoms. The Morgan fingerprint density at radius 2 is 2.10 bits per heavy atom. The summed E-state index contributed by atoms with van der Waals surface area (Å²) in [5.74, 6) is 0.123. The largest absolute Gasteiger partial charge is 0.391 e. The van der Waals surface area contributed by atoms with E-state index in [1.807, 2.05) is 11.6 Å². The summed E-state index contributed by atoms with van der Waals surface area (Å²) in [6, 6.07) is 1.79. The molecule has 1 atom stereocenters. The smallest absolute Gasteiger partial charge is 0.271 e. The SMILES string of the molecule is Cc1cc(C(=O)NCC(O)C2CCCC2)nn1C(C)(C)C. The molecular weight excluding hydrogens is 266 g/mol. The zero-order valence-electron chi connectivity index (χ0n) is 13.5. The van der Waals surface area contributed by atoms with Crippen molar-refractivity contribution in [3.8, 4) is 0 Å². The van der Waals surface area contributed by atoms with Crippen molar-refractivity contribution in [1.82, 2.24) is 15.1 Å². The number of aliphatic hydroxyl groups is 1. The maximum Gasteiger partial charge on any atom is 0.271 e. The van der Waals surface area contributed by atoms with Crippen LogP contribution >= 0.6 is 0 Å². The topological polar surface area (TPSA) is 67.2 Å². The molecule has 0 aliphatic heterocycles. The molecule has 1 heterocycles. The van der Waals surface area contributed by atoms with Crippen LogP contribution in [-0.2, 0) is 5.54 Å². The summed E-state index contributed by atoms with van der Waals surface area (Å²) in [7, 11) is 0. The Labute approximate surface area is 126 Å². The Hall–Kier alpha value is -1.36. The number of carbonyl (C=O) groups excluding carboxylic acids is 1. The van der Waals surface area contributed by atoms with Crippen molar-refractivity contribution in [2.45, 2.75) is 65.0 Å². The van der Waals surface area contributed by atoms with Crippen LogP contribution in [0, 0.1) is 12.8 Å². The number of hydrogen-bond acceptors (Lipinski definition) is 3. The van der Waals surface area contributed by atoms with Crippen molar-refractivity contribution in [3.63, 3.8) is 0 Å². The Morgan fingerprint density at radius 1 is 1.48 bits per heavy atom. The van der Waals surface area contributed by atoms with Crippen molar-refractivity contribution < 1.29 is 9.90 Å². The van der Waals surface area contributed by atoms with E-state index in [0.29, 0.717) is 18.2 Å². The van der Waals surface area contributed by atoms with E-state index in [9.17, 15) is 9.90 Å². The number of aromatic nitrogens is 2. The molecule has 2 N–H and O–H groups in total. The van der Waals surface area contributed by atoms with Crippen LogP contribution in [0.4, 0.5) is 0 Å². The highest BCUT2D eigenvalue weighted by Crippen LogP contribution is 2.27. The summed E-state index contributed by atoms with van der Waals surface area (Å²) in [6.45, 7) is 8.42. The minimum Gasteiger partial charge on any atom is -0.391 e. The van der Waals surface area contributed by atoms with Gasteiger partial charge in [-0.3, -0.25) is 9.48 Å². The van der Waals surface area contributed by atoms with E-state index in [0.717, 1.165) is 18.5 Å². The second-order valence-electron chi connectivity index (χ2n) is 7.08. The Balaban J connectivity index is 1.94. The Kier molecular flexibility index (Phi) is 4.71. The lowest BCUT2D eigenvalue weighted by atomic mass is 10.0. The van der Waals surface area contributed by atoms with Gasteiger partial charge in [-0.25, -0.2) is 0 Å². The lowest BCUT2D eigenvalue weighted by molar-refractivity contribution is 0.0835. The summed E-state index contributed by atoms with van der Waals surface area (Å²) in [5, 5.41) is 17.3. The maximum absolute atomic E-state index is 12.2. The lowest BCUT2D eigenvalue weighted by Crippen LogP contribution is -2.36. The van der Waals surface area contributed by atoms with Crippen LogP contribution in [-0.4, -0.2) is 33.4 Å². The molecule has 2 rings (SSSR count). The van der Waals surface area contributed by atoms with E-state index in [-0.39, 0.29) is 11.4 Å². The van der Waals surface area contributed by atoms with E-state index < -0.39 is 6.10 Å². The van der Waals surface area contributed by atoms with Gasteiger partial charge in [0.1, 0.15) is 5.69 Å². The number of nitrogens with zero attached hydrogens (tertiary/aromatic N) is 2. The molecule has 0 saturated heterocycles. The first-order chi connectivity index (χ1) is 9.79. The first kappa shape index (κ1) is 16.0. The molecule has 1 aliphatic rings. The molecule has 0 aromatic carbocycles. The third-order valence-corrected chi connectivity index (χ3v) is 4.17. The van der Waals surface area contributed by atoms with Gasteiger partial charge >= 0.3 is 0 Å². The fourth-order valence-corrected chi connectivity index (χ4v) is 3.06. The second kappa shape index (κ2) is 6.18. The van der Waals surface area contributed by atoms with Crippen LogP contribution in [0.1, 0.15) is 62.6 Å². The zero-order chi connectivity index (χ0) is 15.6. The van der Waals surface area contributed by atoms with Gasteiger partial charge in [0.15, 0.2) is 0 Å². The van der Waals surface area contributed by atoms with Crippen LogP contribution in [0.25, 0.3) is 0 Å². The number of aryl methyl sites for hydroxylation is 1. The number of rotatable bonds is 4. The molecule has 1 amide bonds. The standard InChI is InChI=1S/C16H27N3O2/c1-11-9-13(18-19(11)16(2,3)4)15(21)17-10-14(20)12-7-5-6-8-12/h9,12,14,20H,5-8,10H2,1-4H3,(H,17,21). The summed E-state index contributed by atoms with van der Waals surface area (Å²) in [4.78, 5) is 12.2. The van der Waals surface area contributed by atoms with Crippen molar-refractivity contribution in [2.24, 2.45) is 5.92 Å². The number of hydrogen-bond donors (Lipinski definition) is 2. The number of carbonyl (C=O) groups is 1. The molecule has 118 valence electrons. The van der Waals surface area contributed by atoms with E-state index in [1.165, 1.54) is 12.8 Å². The van der Waals surface area contributed by atoms with Gasteiger partial charge < -0.3 is 10.4 Å². The lowest BCUT2D eigenvalue weighted by Gasteiger charge is -2.21. The van der Waals surface area contributed by atoms with Crippen molar-refractivity contribution in [3.05, 3.63) is 17.5 Å². The summed E-state index contributed by atoms with van der Waals surface area (Å²) < 4.78 is 1.86. The molecule has 1 fully saturated rings. The van der Waals surface area contributed by atoms with Crippen LogP contribution in [0.3, 0.4) is 0 Å². The minimum absolute atomic E-state index is 0.147. The monoisotopic (exact) mass is 293 g/mol. The highest BCUT2D eigenvalue weighted by molar-refractivity contribution is 5.92. The normalized spacial score (nSPS) is 18.0. The van der Waals surface area contributed by atoms with Crippen LogP contribution in [0.15, 0.2) is 6.07 Å². The van der Waals surface area contributed by atoms with E-state index in [4.69, 9.17) is 0 Å². The van der Waals surface area contributed by atoms with E-state index in [1.54, 1.807) is 6.07 Å². The van der Waals surface area contributed by atoms with Crippen LogP contribution in [0.5, 0.6) is 0 Å². The van der Waals surface area contributed by atoms with Gasteiger partial charge in [0.05, 0.1) is 11.6 Å². The van der Waals surface area contributed by atoms with Crippen molar-refractivity contribution >= 4 is 5.91 Å². The molecule has 1 unspecified atom stereocenters. The maximum atomic E-state index is 12.2. The van der Waals surface area contributed by atoms with Gasteiger partial charge in [-0.05, 0) is 52.5 Å². The molecule has 21 heavy (non-hydrogen) atoms. The predicted octanol–water partition coefficient (Wildman–Crippen LogP) is 2.23. The molecule has 1 saturated carbocycles. The highest BCUT2D eigenvalue weighted by atomic mass is 16.3. The highest BCUT2D eigenvalue weighted by Gasteiger charge is 2.24. The molecule has 5 nitrogen and oxygen atoms in total. The van der Waals surface area contributed by atoms with Gasteiger partial charge in [0.2, 0.25) is 0 Å². The Bertz CT molecular complexity index is 496. The molecule has 1 aromatic rings. The van der Waals surface area contributed by atoms with Crippen molar-refractivity contribution in [2.75, 3.05) is 6.54 Å². The molecular formula is C16H27N3O2. The number of amides is 1. The van der Waals surface area contributed by atoms with Gasteiger partial charge in [-0.2, -0.15) is 5.10 Å². The van der Waals surface area contributed by atoms with Gasteiger partial charge in [-0.15, -0.1) is 0 Å². The van der Waals surface area contributed by atoms with Gasteiger partial charge in [0.25, 0.3) is 5.91 Å². The quantitative estimate of drug-likeness (QED) is 0.894. The van der Waals surface area contributed by atoms with Gasteiger partial charge in [-0.1, -0.05) is 12.8 Å². The van der Waals surface area contributed by atoms with E-state index >= 15 is 0 Å². The second-order valence-corrected chi connectivity index (χ2v) is 7.08. The summed E-state index contributed by atoms with van der Waals surface area (Å²) in [6.07, 6.45) is 4.06. The summed E-state index contributed by atoms with van der Waals surface area (Å²) >= 11 is 0. The molecule has 0 bridgehead atoms. The van der Waals surface area contributed by atoms with E-state index in [2.05, 4.69) is 31.2 Å². The molecule has 1 aliphatic carbocycles. The first-order valence-electron chi connectivity index (χ1n) is 7.82. The number of nitrogens with one attached hydrogen (secondary N) is 1. The predicted molar refractivity (Wildman–Crippen MR) is 82.3 cm³/mol. The third kappa shape index (κ3) is 3.84.